The number of hydrogen-bond donors (Lipinski definition) is 1. The first-order chi connectivity index (χ1) is 8.99. The summed E-state index contributed by atoms with van der Waals surface area (Å²) in [6.45, 7) is 10.5. The second-order valence-electron chi connectivity index (χ2n) is 5.84. The van der Waals surface area contributed by atoms with Crippen LogP contribution in [0.2, 0.25) is 0 Å². The molecule has 2 heterocycles. The SMILES string of the molecule is CCc1ccsc1Cn1cncc1CNC(C)(C)C. The monoisotopic (exact) mass is 277 g/mol. The van der Waals surface area contributed by atoms with Crippen molar-refractivity contribution in [3.8, 4) is 0 Å². The second-order valence-corrected chi connectivity index (χ2v) is 6.84. The van der Waals surface area contributed by atoms with Crippen LogP contribution in [0.1, 0.15) is 43.8 Å². The molecular formula is C15H23N3S. The zero-order valence-electron chi connectivity index (χ0n) is 12.2. The lowest BCUT2D eigenvalue weighted by Gasteiger charge is -2.21. The Morgan fingerprint density at radius 1 is 1.37 bits per heavy atom. The van der Waals surface area contributed by atoms with Gasteiger partial charge in [0.25, 0.3) is 0 Å². The number of imidazole rings is 1. The van der Waals surface area contributed by atoms with Gasteiger partial charge in [0.1, 0.15) is 0 Å². The van der Waals surface area contributed by atoms with Crippen molar-refractivity contribution >= 4 is 11.3 Å². The van der Waals surface area contributed by atoms with Gasteiger partial charge < -0.3 is 9.88 Å². The molecule has 19 heavy (non-hydrogen) atoms. The highest BCUT2D eigenvalue weighted by Crippen LogP contribution is 2.19. The van der Waals surface area contributed by atoms with Crippen molar-refractivity contribution in [2.45, 2.75) is 52.7 Å². The highest BCUT2D eigenvalue weighted by molar-refractivity contribution is 7.10. The summed E-state index contributed by atoms with van der Waals surface area (Å²) in [5.41, 5.74) is 2.82. The molecule has 0 aliphatic heterocycles. The molecule has 0 aromatic carbocycles. The normalized spacial score (nSPS) is 12.0. The fraction of sp³-hybridized carbons (Fsp3) is 0.533. The summed E-state index contributed by atoms with van der Waals surface area (Å²) < 4.78 is 2.24. The molecule has 4 heteroatoms. The second kappa shape index (κ2) is 5.88. The molecule has 0 radical (unpaired) electrons. The molecule has 2 aromatic rings. The van der Waals surface area contributed by atoms with Gasteiger partial charge in [-0.05, 0) is 44.2 Å². The van der Waals surface area contributed by atoms with Gasteiger partial charge in [-0.15, -0.1) is 11.3 Å². The average Bonchev–Trinajstić information content (AvgIpc) is 2.95. The van der Waals surface area contributed by atoms with E-state index in [-0.39, 0.29) is 5.54 Å². The van der Waals surface area contributed by atoms with Crippen molar-refractivity contribution in [3.63, 3.8) is 0 Å². The number of aromatic nitrogens is 2. The van der Waals surface area contributed by atoms with Gasteiger partial charge in [0.2, 0.25) is 0 Å². The summed E-state index contributed by atoms with van der Waals surface area (Å²) >= 11 is 1.84. The van der Waals surface area contributed by atoms with Gasteiger partial charge in [0, 0.05) is 23.2 Å². The largest absolute Gasteiger partial charge is 0.328 e. The van der Waals surface area contributed by atoms with E-state index in [1.807, 2.05) is 23.9 Å². The van der Waals surface area contributed by atoms with Crippen molar-refractivity contribution in [1.82, 2.24) is 14.9 Å². The van der Waals surface area contributed by atoms with Crippen LogP contribution >= 0.6 is 11.3 Å². The maximum atomic E-state index is 4.29. The summed E-state index contributed by atoms with van der Waals surface area (Å²) in [6.07, 6.45) is 4.99. The van der Waals surface area contributed by atoms with E-state index >= 15 is 0 Å². The van der Waals surface area contributed by atoms with E-state index in [9.17, 15) is 0 Å². The van der Waals surface area contributed by atoms with Crippen LogP contribution in [0.3, 0.4) is 0 Å². The highest BCUT2D eigenvalue weighted by atomic mass is 32.1. The molecule has 0 unspecified atom stereocenters. The lowest BCUT2D eigenvalue weighted by atomic mass is 10.1. The van der Waals surface area contributed by atoms with Gasteiger partial charge in [0.15, 0.2) is 0 Å². The molecule has 0 amide bonds. The molecule has 0 bridgehead atoms. The van der Waals surface area contributed by atoms with E-state index in [0.29, 0.717) is 0 Å². The summed E-state index contributed by atoms with van der Waals surface area (Å²) in [4.78, 5) is 5.73. The number of rotatable bonds is 5. The van der Waals surface area contributed by atoms with Crippen molar-refractivity contribution in [3.05, 3.63) is 40.1 Å². The standard InChI is InChI=1S/C15H23N3S/c1-5-12-6-7-19-14(12)10-18-11-16-8-13(18)9-17-15(2,3)4/h6-8,11,17H,5,9-10H2,1-4H3. The molecule has 2 rings (SSSR count). The van der Waals surface area contributed by atoms with E-state index in [4.69, 9.17) is 0 Å². The summed E-state index contributed by atoms with van der Waals surface area (Å²) in [7, 11) is 0. The Morgan fingerprint density at radius 2 is 2.16 bits per heavy atom. The number of thiophene rings is 1. The van der Waals surface area contributed by atoms with E-state index in [1.54, 1.807) is 0 Å². The average molecular weight is 277 g/mol. The van der Waals surface area contributed by atoms with Crippen molar-refractivity contribution in [2.24, 2.45) is 0 Å². The number of nitrogens with one attached hydrogen (secondary N) is 1. The zero-order valence-corrected chi connectivity index (χ0v) is 13.0. The van der Waals surface area contributed by atoms with Gasteiger partial charge in [0.05, 0.1) is 18.6 Å². The molecule has 0 spiro atoms. The van der Waals surface area contributed by atoms with Crippen LogP contribution in [0, 0.1) is 0 Å². The number of hydrogen-bond acceptors (Lipinski definition) is 3. The fourth-order valence-corrected chi connectivity index (χ4v) is 2.94. The highest BCUT2D eigenvalue weighted by Gasteiger charge is 2.11. The lowest BCUT2D eigenvalue weighted by Crippen LogP contribution is -2.35. The van der Waals surface area contributed by atoms with Crippen LogP contribution in [0.15, 0.2) is 24.0 Å². The minimum Gasteiger partial charge on any atom is -0.328 e. The van der Waals surface area contributed by atoms with Crippen LogP contribution in [-0.2, 0) is 19.5 Å². The van der Waals surface area contributed by atoms with E-state index in [2.05, 4.69) is 54.0 Å². The van der Waals surface area contributed by atoms with Crippen LogP contribution in [0.25, 0.3) is 0 Å². The van der Waals surface area contributed by atoms with Crippen LogP contribution in [0.5, 0.6) is 0 Å². The molecule has 0 atom stereocenters. The molecule has 0 saturated carbocycles. The van der Waals surface area contributed by atoms with Gasteiger partial charge in [-0.25, -0.2) is 4.98 Å². The smallest absolute Gasteiger partial charge is 0.0952 e. The van der Waals surface area contributed by atoms with Gasteiger partial charge in [-0.2, -0.15) is 0 Å². The van der Waals surface area contributed by atoms with Crippen molar-refractivity contribution < 1.29 is 0 Å². The molecule has 104 valence electrons. The maximum Gasteiger partial charge on any atom is 0.0952 e. The Bertz CT molecular complexity index is 519. The predicted octanol–water partition coefficient (Wildman–Crippen LogP) is 3.44. The van der Waals surface area contributed by atoms with E-state index in [1.165, 1.54) is 16.1 Å². The van der Waals surface area contributed by atoms with Crippen molar-refractivity contribution in [2.75, 3.05) is 0 Å². The summed E-state index contributed by atoms with van der Waals surface area (Å²) in [5.74, 6) is 0. The molecule has 2 aromatic heterocycles. The topological polar surface area (TPSA) is 29.9 Å². The number of nitrogens with zero attached hydrogens (tertiary/aromatic N) is 2. The third kappa shape index (κ3) is 3.91. The number of aryl methyl sites for hydroxylation is 1. The quantitative estimate of drug-likeness (QED) is 0.907. The van der Waals surface area contributed by atoms with E-state index in [0.717, 1.165) is 19.5 Å². The van der Waals surface area contributed by atoms with Crippen LogP contribution < -0.4 is 5.32 Å². The fourth-order valence-electron chi connectivity index (χ4n) is 1.97. The summed E-state index contributed by atoms with van der Waals surface area (Å²) in [5, 5.41) is 5.69. The van der Waals surface area contributed by atoms with Gasteiger partial charge in [-0.1, -0.05) is 6.92 Å². The molecule has 0 aliphatic rings. The van der Waals surface area contributed by atoms with Gasteiger partial charge >= 0.3 is 0 Å². The van der Waals surface area contributed by atoms with Gasteiger partial charge in [-0.3, -0.25) is 0 Å². The first-order valence-corrected chi connectivity index (χ1v) is 7.67. The van der Waals surface area contributed by atoms with Crippen LogP contribution in [0.4, 0.5) is 0 Å². The van der Waals surface area contributed by atoms with Crippen LogP contribution in [-0.4, -0.2) is 15.1 Å². The van der Waals surface area contributed by atoms with Crippen molar-refractivity contribution in [1.29, 1.82) is 0 Å². The molecule has 0 aliphatic carbocycles. The first-order valence-electron chi connectivity index (χ1n) is 6.79. The molecule has 3 nitrogen and oxygen atoms in total. The first kappa shape index (κ1) is 14.3. The molecule has 1 N–H and O–H groups in total. The lowest BCUT2D eigenvalue weighted by molar-refractivity contribution is 0.417. The molecular weight excluding hydrogens is 254 g/mol. The Kier molecular flexibility index (Phi) is 4.42. The molecule has 0 saturated heterocycles. The third-order valence-electron chi connectivity index (χ3n) is 3.13. The Morgan fingerprint density at radius 3 is 2.84 bits per heavy atom. The predicted molar refractivity (Wildman–Crippen MR) is 81.6 cm³/mol. The molecule has 0 fully saturated rings. The minimum absolute atomic E-state index is 0.132. The van der Waals surface area contributed by atoms with E-state index < -0.39 is 0 Å². The zero-order chi connectivity index (χ0) is 13.9. The minimum atomic E-state index is 0.132. The Labute approximate surface area is 119 Å². The Hall–Kier alpha value is -1.13. The maximum absolute atomic E-state index is 4.29. The Balaban J connectivity index is 2.07. The summed E-state index contributed by atoms with van der Waals surface area (Å²) in [6, 6.07) is 2.23. The third-order valence-corrected chi connectivity index (χ3v) is 4.08.